The van der Waals surface area contributed by atoms with Gasteiger partial charge in [0.15, 0.2) is 0 Å². The predicted octanol–water partition coefficient (Wildman–Crippen LogP) is 34.1. The molecule has 0 aliphatic carbocycles. The van der Waals surface area contributed by atoms with Gasteiger partial charge in [0.1, 0.15) is 0 Å². The minimum Gasteiger partial charge on any atom is -0.310 e. The number of para-hydroxylation sites is 2. The molecule has 0 radical (unpaired) electrons. The summed E-state index contributed by atoms with van der Waals surface area (Å²) in [5, 5.41) is 13.9. The van der Waals surface area contributed by atoms with Crippen molar-refractivity contribution >= 4 is 150 Å². The Morgan fingerprint density at radius 1 is 0.180 bits per heavy atom. The molecule has 0 unspecified atom stereocenters. The van der Waals surface area contributed by atoms with E-state index >= 15 is 0 Å². The third-order valence-corrected chi connectivity index (χ3v) is 30.3. The van der Waals surface area contributed by atoms with Crippen LogP contribution in [-0.2, 0) is 0 Å². The maximum Gasteiger partial charge on any atom is 0.0775 e. The lowest BCUT2D eigenvalue weighted by Gasteiger charge is -2.28. The van der Waals surface area contributed by atoms with E-state index in [1.54, 1.807) is 0 Å². The van der Waals surface area contributed by atoms with Crippen LogP contribution in [0.5, 0.6) is 0 Å². The first kappa shape index (κ1) is 78.8. The normalized spacial score (nSPS) is 11.6. The quantitative estimate of drug-likeness (QED) is 0.0624. The second-order valence-corrected chi connectivity index (χ2v) is 46.6. The van der Waals surface area contributed by atoms with Gasteiger partial charge in [0.25, 0.3) is 0 Å². The van der Waals surface area contributed by atoms with E-state index in [2.05, 4.69) is 449 Å². The number of thiophene rings is 2. The molecule has 20 rings (SSSR count). The Hall–Kier alpha value is -13.0. The van der Waals surface area contributed by atoms with Crippen molar-refractivity contribution in [3.8, 4) is 109 Å². The van der Waals surface area contributed by atoms with E-state index in [1.165, 1.54) is 151 Å². The zero-order valence-electron chi connectivity index (χ0n) is 68.9. The number of hydrogen-bond acceptors (Lipinski definition) is 4. The Morgan fingerprint density at radius 2 is 0.434 bits per heavy atom. The molecule has 2 aromatic heterocycles. The van der Waals surface area contributed by atoms with Crippen LogP contribution in [0.4, 0.5) is 34.1 Å². The second-order valence-electron chi connectivity index (χ2n) is 33.4. The van der Waals surface area contributed by atoms with Crippen LogP contribution >= 0.6 is 45.9 Å². The third-order valence-electron chi connectivity index (χ3n) is 23.4. The van der Waals surface area contributed by atoms with E-state index in [1.807, 2.05) is 46.9 Å². The lowest BCUT2D eigenvalue weighted by molar-refractivity contribution is 1.28. The first-order valence-electron chi connectivity index (χ1n) is 41.7. The highest BCUT2D eigenvalue weighted by atomic mass is 35.5. The molecule has 18 aromatic carbocycles. The molecule has 0 bridgehead atoms. The van der Waals surface area contributed by atoms with Crippen molar-refractivity contribution in [2.24, 2.45) is 0 Å². The Balaban J connectivity index is 0.000000184. The zero-order chi connectivity index (χ0) is 83.0. The van der Waals surface area contributed by atoms with E-state index in [0.29, 0.717) is 0 Å². The van der Waals surface area contributed by atoms with Gasteiger partial charge in [0, 0.05) is 63.7 Å². The van der Waals surface area contributed by atoms with Crippen molar-refractivity contribution in [3.63, 3.8) is 0 Å². The molecular weight excluding hydrogens is 1590 g/mol. The summed E-state index contributed by atoms with van der Waals surface area (Å²) in [5.41, 5.74) is 25.7. The molecule has 0 amide bonds. The van der Waals surface area contributed by atoms with E-state index in [4.69, 9.17) is 23.2 Å². The molecule has 0 aliphatic rings. The fourth-order valence-electron chi connectivity index (χ4n) is 17.3. The minimum atomic E-state index is -1.51. The lowest BCUT2D eigenvalue weighted by atomic mass is 9.84. The Morgan fingerprint density at radius 3 is 0.787 bits per heavy atom. The van der Waals surface area contributed by atoms with Gasteiger partial charge in [-0.05, 0) is 278 Å². The lowest BCUT2D eigenvalue weighted by Crippen LogP contribution is -2.37. The highest BCUT2D eigenvalue weighted by Crippen LogP contribution is 2.51. The van der Waals surface area contributed by atoms with Crippen molar-refractivity contribution in [2.75, 3.05) is 9.80 Å². The van der Waals surface area contributed by atoms with Crippen LogP contribution in [0.15, 0.2) is 425 Å². The summed E-state index contributed by atoms with van der Waals surface area (Å²) in [6.07, 6.45) is 0. The van der Waals surface area contributed by atoms with Crippen molar-refractivity contribution in [3.05, 3.63) is 435 Å². The average molecular weight is 1680 g/mol. The number of nitrogens with zero attached hydrogens (tertiary/aromatic N) is 2. The van der Waals surface area contributed by atoms with E-state index < -0.39 is 16.1 Å². The molecular formula is C114H88Cl2N2S2Si2. The molecule has 2 heterocycles. The van der Waals surface area contributed by atoms with Crippen molar-refractivity contribution in [1.82, 2.24) is 0 Å². The third kappa shape index (κ3) is 16.1. The predicted molar refractivity (Wildman–Crippen MR) is 538 cm³/mol. The summed E-state index contributed by atoms with van der Waals surface area (Å²) in [5.74, 6) is 0. The SMILES string of the molecule is C[Si](C)(C)c1ccc(N(c2ccccc2)c2cccc(-c3c4ccccc4c(-c4cccc(N(c5ccccc5)c5ccc([Si](C)(C)C)cc5)c4)c4cc(-c5cccc(-c6ccc(-c7ccccc7)s6)c5)ccc34)c2)cc1.Clc1cccc(-c2c3ccccc3c(-c3cccc(Cl)c3)c3cc(-c4cccc(-c5ccc(-c6ccccc6)s5)c4)ccc23)c1. The second kappa shape index (κ2) is 33.9. The van der Waals surface area contributed by atoms with Gasteiger partial charge in [0.05, 0.1) is 16.1 Å². The molecule has 2 nitrogen and oxygen atoms in total. The fourth-order valence-corrected chi connectivity index (χ4v) is 22.1. The standard InChI is InChI=1S/C72H62N2SSi2.C42H26Cl2S/c1-76(2,3)63-40-36-59(37-41-63)73(57-27-12-8-13-28-57)61-31-19-25-55(48-61)71-65-33-16-17-34-66(65)72(56-26-20-32-62(49-56)74(58-29-14-9-15-30-58)60-38-42-64(43-39-60)77(4,5)6)68-50-53(35-44-67(68)71)52-23-18-24-54(47-52)70-46-45-69(75-70)51-21-10-7-11-22-51;43-33-15-7-13-31(24-33)41-35-17-4-5-18-36(35)42(32-14-8-16-34(44)25-32)38-26-29(19-20-37(38)41)28-11-6-12-30(23-28)40-22-21-39(45-40)27-9-2-1-3-10-27/h7-50H,1-6H3;1-26H. The molecule has 20 aromatic rings. The first-order chi connectivity index (χ1) is 59.6. The number of fused-ring (bicyclic) bond motifs is 4. The van der Waals surface area contributed by atoms with Crippen LogP contribution in [0.3, 0.4) is 0 Å². The number of benzene rings is 18. The maximum atomic E-state index is 6.57. The van der Waals surface area contributed by atoms with Gasteiger partial charge < -0.3 is 9.80 Å². The molecule has 0 spiro atoms. The Kier molecular flexibility index (Phi) is 21.9. The largest absolute Gasteiger partial charge is 0.310 e. The van der Waals surface area contributed by atoms with Gasteiger partial charge in [-0.3, -0.25) is 0 Å². The fraction of sp³-hybridized carbons (Fsp3) is 0.0526. The number of anilines is 6. The average Bonchev–Trinajstić information content (AvgIpc) is 1.08. The molecule has 8 heteroatoms. The van der Waals surface area contributed by atoms with E-state index in [0.717, 1.165) is 55.3 Å². The summed E-state index contributed by atoms with van der Waals surface area (Å²) in [6.45, 7) is 14.5. The summed E-state index contributed by atoms with van der Waals surface area (Å²) < 4.78 is 0. The van der Waals surface area contributed by atoms with Gasteiger partial charge >= 0.3 is 0 Å². The van der Waals surface area contributed by atoms with E-state index in [9.17, 15) is 0 Å². The molecule has 122 heavy (non-hydrogen) atoms. The van der Waals surface area contributed by atoms with Crippen LogP contribution in [-0.4, -0.2) is 16.1 Å². The highest BCUT2D eigenvalue weighted by Gasteiger charge is 2.26. The highest BCUT2D eigenvalue weighted by molar-refractivity contribution is 7.19. The topological polar surface area (TPSA) is 6.48 Å². The van der Waals surface area contributed by atoms with Gasteiger partial charge in [-0.15, -0.1) is 22.7 Å². The van der Waals surface area contributed by atoms with Gasteiger partial charge in [-0.2, -0.15) is 0 Å². The molecule has 0 aliphatic heterocycles. The Bertz CT molecular complexity index is 7230. The molecule has 0 N–H and O–H groups in total. The summed E-state index contributed by atoms with van der Waals surface area (Å²) in [4.78, 5) is 9.86. The number of halogens is 2. The zero-order valence-corrected chi connectivity index (χ0v) is 74.0. The maximum absolute atomic E-state index is 6.57. The van der Waals surface area contributed by atoms with E-state index in [-0.39, 0.29) is 0 Å². The summed E-state index contributed by atoms with van der Waals surface area (Å²) in [7, 11) is -3.02. The molecule has 0 saturated heterocycles. The van der Waals surface area contributed by atoms with Crippen LogP contribution in [0.2, 0.25) is 49.3 Å². The first-order valence-corrected chi connectivity index (χ1v) is 51.1. The van der Waals surface area contributed by atoms with Crippen LogP contribution in [0, 0.1) is 0 Å². The van der Waals surface area contributed by atoms with Crippen LogP contribution < -0.4 is 20.2 Å². The monoisotopic (exact) mass is 1670 g/mol. The number of rotatable bonds is 18. The van der Waals surface area contributed by atoms with Crippen LogP contribution in [0.25, 0.3) is 152 Å². The van der Waals surface area contributed by atoms with Gasteiger partial charge in [0.2, 0.25) is 0 Å². The summed E-state index contributed by atoms with van der Waals surface area (Å²) >= 11 is 16.8. The van der Waals surface area contributed by atoms with Crippen molar-refractivity contribution in [1.29, 1.82) is 0 Å². The van der Waals surface area contributed by atoms with Crippen LogP contribution in [0.1, 0.15) is 0 Å². The minimum absolute atomic E-state index is 0.721. The molecule has 0 saturated carbocycles. The smallest absolute Gasteiger partial charge is 0.0775 e. The van der Waals surface area contributed by atoms with Gasteiger partial charge in [-0.1, -0.05) is 352 Å². The molecule has 0 atom stereocenters. The number of hydrogen-bond donors (Lipinski definition) is 0. The molecule has 0 fully saturated rings. The van der Waals surface area contributed by atoms with Gasteiger partial charge in [-0.25, -0.2) is 0 Å². The van der Waals surface area contributed by atoms with Crippen molar-refractivity contribution in [2.45, 2.75) is 39.3 Å². The summed E-state index contributed by atoms with van der Waals surface area (Å²) in [6, 6.07) is 155. The van der Waals surface area contributed by atoms with Crippen molar-refractivity contribution < 1.29 is 0 Å². The Labute approximate surface area is 735 Å². The molecule has 588 valence electrons.